The van der Waals surface area contributed by atoms with Crippen LogP contribution in [0.25, 0.3) is 0 Å². The Labute approximate surface area is 41.8 Å². The summed E-state index contributed by atoms with van der Waals surface area (Å²) < 4.78 is 7.75. The van der Waals surface area contributed by atoms with E-state index in [9.17, 15) is 0 Å². The SMILES string of the molecule is [B]=O.[Ge+4].[O-2].[O-2]. The van der Waals surface area contributed by atoms with Crippen LogP contribution in [0.2, 0.25) is 0 Å². The van der Waals surface area contributed by atoms with Gasteiger partial charge >= 0.3 is 30.0 Å². The van der Waals surface area contributed by atoms with E-state index < -0.39 is 0 Å². The molecule has 0 saturated carbocycles. The maximum absolute atomic E-state index is 7.75. The second-order valence-electron chi connectivity index (χ2n) is 0. The third-order valence-corrected chi connectivity index (χ3v) is 0. The van der Waals surface area contributed by atoms with Crippen molar-refractivity contribution in [1.29, 1.82) is 0 Å². The van der Waals surface area contributed by atoms with Gasteiger partial charge in [0.15, 0.2) is 0 Å². The first-order chi connectivity index (χ1) is 1.00. The van der Waals surface area contributed by atoms with Gasteiger partial charge in [0.25, 0.3) is 0 Å². The van der Waals surface area contributed by atoms with Crippen molar-refractivity contribution in [3.8, 4) is 0 Å². The molecule has 0 rings (SSSR count). The summed E-state index contributed by atoms with van der Waals surface area (Å²) in [5, 5.41) is 0. The van der Waals surface area contributed by atoms with Crippen molar-refractivity contribution in [3.05, 3.63) is 0 Å². The smallest absolute Gasteiger partial charge is 2.00 e. The van der Waals surface area contributed by atoms with Crippen molar-refractivity contribution in [2.75, 3.05) is 0 Å². The normalized spacial score (nSPS) is 0.600. The summed E-state index contributed by atoms with van der Waals surface area (Å²) in [6, 6.07) is 0. The number of hydrogen-bond acceptors (Lipinski definition) is 1. The Morgan fingerprint density at radius 1 is 1.00 bits per heavy atom. The van der Waals surface area contributed by atoms with Gasteiger partial charge in [-0.3, -0.25) is 0 Å². The molecule has 5 heavy (non-hydrogen) atoms. The van der Waals surface area contributed by atoms with Gasteiger partial charge in [-0.2, -0.15) is 0 Å². The molecule has 5 heteroatoms. The summed E-state index contributed by atoms with van der Waals surface area (Å²) >= 11 is 0. The van der Waals surface area contributed by atoms with E-state index in [0.29, 0.717) is 0 Å². The van der Waals surface area contributed by atoms with E-state index in [2.05, 4.69) is 7.72 Å². The maximum Gasteiger partial charge on any atom is 4.00 e. The monoisotopic (exact) mass is 133 g/mol. The predicted molar refractivity (Wildman–Crippen MR) is 13.6 cm³/mol. The van der Waals surface area contributed by atoms with E-state index >= 15 is 0 Å². The van der Waals surface area contributed by atoms with Gasteiger partial charge in [0, 0.05) is 0 Å². The molecule has 0 N–H and O–H groups in total. The zero-order chi connectivity index (χ0) is 2.00. The van der Waals surface area contributed by atoms with Crippen LogP contribution in [0.5, 0.6) is 0 Å². The fraction of sp³-hybridized carbons (Fsp3) is 0. The van der Waals surface area contributed by atoms with Gasteiger partial charge in [-0.25, -0.2) is 0 Å². The second kappa shape index (κ2) is 446. The summed E-state index contributed by atoms with van der Waals surface area (Å²) in [4.78, 5) is 0. The Balaban J connectivity index is -0.00000000167. The third-order valence-electron chi connectivity index (χ3n) is 0. The van der Waals surface area contributed by atoms with Gasteiger partial charge in [-0.1, -0.05) is 0 Å². The van der Waals surface area contributed by atoms with E-state index in [0.717, 1.165) is 0 Å². The summed E-state index contributed by atoms with van der Waals surface area (Å²) in [5.41, 5.74) is 0. The molecule has 1 radical (unpaired) electrons. The van der Waals surface area contributed by atoms with E-state index in [1.54, 1.807) is 0 Å². The molecule has 0 aliphatic rings. The Morgan fingerprint density at radius 3 is 1.00 bits per heavy atom. The van der Waals surface area contributed by atoms with Crippen molar-refractivity contribution < 1.29 is 15.7 Å². The molecule has 0 aliphatic carbocycles. The summed E-state index contributed by atoms with van der Waals surface area (Å²) in [6.07, 6.45) is 0. The van der Waals surface area contributed by atoms with Gasteiger partial charge in [0.1, 0.15) is 0 Å². The van der Waals surface area contributed by atoms with Crippen LogP contribution in [-0.2, 0) is 15.7 Å². The molecule has 0 saturated heterocycles. The van der Waals surface area contributed by atoms with Crippen molar-refractivity contribution in [1.82, 2.24) is 0 Å². The standard InChI is InChI=1S/BO.Ge.2O/c1-2;;;/q;+4;2*-2. The minimum atomic E-state index is 0. The Kier molecular flexibility index (Phi) is 5050. The molecular formula is BGeO3. The Bertz CT molecular complexity index is 6.85. The molecule has 0 bridgehead atoms. The van der Waals surface area contributed by atoms with Gasteiger partial charge in [-0.05, 0) is 0 Å². The largest absolute Gasteiger partial charge is 4.00 e. The van der Waals surface area contributed by atoms with E-state index in [-0.39, 0.29) is 28.5 Å². The van der Waals surface area contributed by atoms with E-state index in [4.69, 9.17) is 4.70 Å². The molecule has 3 nitrogen and oxygen atoms in total. The molecular weight excluding hydrogens is 131 g/mol. The maximum atomic E-state index is 7.75. The van der Waals surface area contributed by atoms with Gasteiger partial charge in [0.2, 0.25) is 0 Å². The third kappa shape index (κ3) is 218. The predicted octanol–water partition coefficient (Wildman–Crippen LogP) is -1.12. The van der Waals surface area contributed by atoms with Crippen LogP contribution in [0.1, 0.15) is 0 Å². The summed E-state index contributed by atoms with van der Waals surface area (Å²) in [7, 11) is 3.25. The summed E-state index contributed by atoms with van der Waals surface area (Å²) in [6.45, 7) is 0. The van der Waals surface area contributed by atoms with Gasteiger partial charge in [0.05, 0.1) is 0 Å². The van der Waals surface area contributed by atoms with Crippen LogP contribution in [0.3, 0.4) is 0 Å². The first-order valence-electron chi connectivity index (χ1n) is 0.236. The van der Waals surface area contributed by atoms with Crippen molar-refractivity contribution in [2.24, 2.45) is 0 Å². The molecule has 0 aromatic heterocycles. The Hall–Kier alpha value is 0.328. The van der Waals surface area contributed by atoms with E-state index in [1.807, 2.05) is 0 Å². The first-order valence-corrected chi connectivity index (χ1v) is 0.236. The minimum absolute atomic E-state index is 0. The van der Waals surface area contributed by atoms with Crippen molar-refractivity contribution in [2.45, 2.75) is 0 Å². The molecule has 0 unspecified atom stereocenters. The topological polar surface area (TPSA) is 74.1 Å². The average Bonchev–Trinajstić information content (AvgIpc) is 1.00. The van der Waals surface area contributed by atoms with Crippen LogP contribution in [0, 0.1) is 0 Å². The fourth-order valence-corrected chi connectivity index (χ4v) is 0. The van der Waals surface area contributed by atoms with Crippen LogP contribution < -0.4 is 0 Å². The zero-order valence-corrected chi connectivity index (χ0v) is 4.40. The van der Waals surface area contributed by atoms with Crippen molar-refractivity contribution >= 4 is 25.3 Å². The van der Waals surface area contributed by atoms with Crippen LogP contribution in [0.4, 0.5) is 0 Å². The molecule has 0 aromatic carbocycles. The number of rotatable bonds is 0. The summed E-state index contributed by atoms with van der Waals surface area (Å²) in [5.74, 6) is 0. The molecule has 0 aromatic rings. The average molecular weight is 131 g/mol. The number of hydrogen-bond donors (Lipinski definition) is 0. The molecule has 0 atom stereocenters. The Morgan fingerprint density at radius 2 is 1.00 bits per heavy atom. The van der Waals surface area contributed by atoms with Crippen LogP contribution in [0.15, 0.2) is 0 Å². The van der Waals surface area contributed by atoms with Gasteiger partial charge in [-0.15, -0.1) is 0 Å². The molecule has 0 amide bonds. The molecule has 25 valence electrons. The molecule has 0 aliphatic heterocycles. The molecule has 0 fully saturated rings. The first kappa shape index (κ1) is 56.6. The second-order valence-corrected chi connectivity index (χ2v) is 0. The fourth-order valence-electron chi connectivity index (χ4n) is 0. The zero-order valence-electron chi connectivity index (χ0n) is 2.30. The quantitative estimate of drug-likeness (QED) is 0.384. The molecule has 0 spiro atoms. The van der Waals surface area contributed by atoms with E-state index in [1.165, 1.54) is 0 Å². The minimum Gasteiger partial charge on any atom is -2.00 e. The van der Waals surface area contributed by atoms with Crippen LogP contribution in [-0.4, -0.2) is 25.3 Å². The van der Waals surface area contributed by atoms with Crippen LogP contribution >= 0.6 is 0 Å². The van der Waals surface area contributed by atoms with Crippen molar-refractivity contribution in [3.63, 3.8) is 0 Å². The molecule has 0 heterocycles. The van der Waals surface area contributed by atoms with Gasteiger partial charge < -0.3 is 11.0 Å².